The summed E-state index contributed by atoms with van der Waals surface area (Å²) in [5.41, 5.74) is -0.209. The van der Waals surface area contributed by atoms with Crippen LogP contribution in [0.1, 0.15) is 18.4 Å². The quantitative estimate of drug-likeness (QED) is 0.900. The minimum atomic E-state index is -0.917. The molecule has 19 heavy (non-hydrogen) atoms. The van der Waals surface area contributed by atoms with Gasteiger partial charge in [0.2, 0.25) is 0 Å². The Balaban J connectivity index is 2.49. The van der Waals surface area contributed by atoms with Crippen molar-refractivity contribution in [1.82, 2.24) is 0 Å². The number of methoxy groups -OCH3 is 2. The topological polar surface area (TPSA) is 65.0 Å². The molecular formula is C14H18O5. The predicted octanol–water partition coefficient (Wildman–Crippen LogP) is 1.84. The summed E-state index contributed by atoms with van der Waals surface area (Å²) in [6.07, 6.45) is 0.914. The number of aliphatic carboxylic acids is 1. The first-order valence-corrected chi connectivity index (χ1v) is 6.17. The number of rotatable bonds is 4. The number of carboxylic acids is 1. The molecule has 0 aliphatic carbocycles. The van der Waals surface area contributed by atoms with Crippen LogP contribution in [0.2, 0.25) is 0 Å². The van der Waals surface area contributed by atoms with E-state index in [0.29, 0.717) is 43.1 Å². The van der Waals surface area contributed by atoms with Crippen LogP contribution in [0.5, 0.6) is 11.5 Å². The smallest absolute Gasteiger partial charge is 0.314 e. The highest BCUT2D eigenvalue weighted by Gasteiger charge is 2.42. The summed E-state index contributed by atoms with van der Waals surface area (Å²) in [6.45, 7) is 0.900. The van der Waals surface area contributed by atoms with E-state index >= 15 is 0 Å². The minimum Gasteiger partial charge on any atom is -0.497 e. The summed E-state index contributed by atoms with van der Waals surface area (Å²) in [7, 11) is 3.10. The van der Waals surface area contributed by atoms with Gasteiger partial charge in [-0.05, 0) is 30.5 Å². The van der Waals surface area contributed by atoms with Gasteiger partial charge in [-0.3, -0.25) is 4.79 Å². The highest BCUT2D eigenvalue weighted by atomic mass is 16.5. The van der Waals surface area contributed by atoms with Gasteiger partial charge in [0.1, 0.15) is 11.5 Å². The van der Waals surface area contributed by atoms with E-state index in [1.165, 1.54) is 0 Å². The predicted molar refractivity (Wildman–Crippen MR) is 68.9 cm³/mol. The molecule has 0 atom stereocenters. The lowest BCUT2D eigenvalue weighted by Gasteiger charge is -2.33. The van der Waals surface area contributed by atoms with Crippen LogP contribution in [0, 0.1) is 0 Å². The van der Waals surface area contributed by atoms with E-state index in [-0.39, 0.29) is 0 Å². The average molecular weight is 266 g/mol. The van der Waals surface area contributed by atoms with Crippen molar-refractivity contribution in [2.75, 3.05) is 27.4 Å². The van der Waals surface area contributed by atoms with Gasteiger partial charge in [-0.15, -0.1) is 0 Å². The maximum Gasteiger partial charge on any atom is 0.314 e. The Hall–Kier alpha value is -1.75. The molecule has 1 N–H and O–H groups in total. The Bertz CT molecular complexity index is 441. The van der Waals surface area contributed by atoms with E-state index in [1.54, 1.807) is 32.4 Å². The Labute approximate surface area is 112 Å². The second-order valence-electron chi connectivity index (χ2n) is 4.60. The molecule has 0 unspecified atom stereocenters. The molecule has 0 spiro atoms. The summed E-state index contributed by atoms with van der Waals surface area (Å²) < 4.78 is 15.7. The van der Waals surface area contributed by atoms with Gasteiger partial charge in [0.25, 0.3) is 0 Å². The lowest BCUT2D eigenvalue weighted by molar-refractivity contribution is -0.147. The summed E-state index contributed by atoms with van der Waals surface area (Å²) in [5, 5.41) is 9.63. The van der Waals surface area contributed by atoms with Crippen LogP contribution in [-0.2, 0) is 14.9 Å². The molecule has 0 radical (unpaired) electrons. The van der Waals surface area contributed by atoms with E-state index in [4.69, 9.17) is 14.2 Å². The van der Waals surface area contributed by atoms with Crippen LogP contribution in [0.4, 0.5) is 0 Å². The van der Waals surface area contributed by atoms with Crippen molar-refractivity contribution in [1.29, 1.82) is 0 Å². The number of carbonyl (C=O) groups is 1. The largest absolute Gasteiger partial charge is 0.497 e. The van der Waals surface area contributed by atoms with Crippen LogP contribution in [0.25, 0.3) is 0 Å². The summed E-state index contributed by atoms with van der Waals surface area (Å²) in [5.74, 6) is 0.369. The molecule has 0 saturated carbocycles. The Morgan fingerprint density at radius 2 is 1.68 bits per heavy atom. The zero-order chi connectivity index (χ0) is 13.9. The van der Waals surface area contributed by atoms with Crippen LogP contribution in [-0.4, -0.2) is 38.5 Å². The summed E-state index contributed by atoms with van der Waals surface area (Å²) in [4.78, 5) is 11.7. The Morgan fingerprint density at radius 3 is 2.11 bits per heavy atom. The molecule has 0 aromatic heterocycles. The number of ether oxygens (including phenoxy) is 3. The van der Waals surface area contributed by atoms with Gasteiger partial charge in [-0.25, -0.2) is 0 Å². The Kier molecular flexibility index (Phi) is 3.95. The van der Waals surface area contributed by atoms with Crippen molar-refractivity contribution < 1.29 is 24.1 Å². The molecule has 1 aromatic rings. The highest BCUT2D eigenvalue weighted by Crippen LogP contribution is 2.38. The van der Waals surface area contributed by atoms with Gasteiger partial charge in [0.05, 0.1) is 19.6 Å². The molecule has 2 rings (SSSR count). The maximum absolute atomic E-state index is 11.7. The lowest BCUT2D eigenvalue weighted by Crippen LogP contribution is -2.41. The van der Waals surface area contributed by atoms with Crippen molar-refractivity contribution in [3.63, 3.8) is 0 Å². The van der Waals surface area contributed by atoms with Crippen molar-refractivity contribution in [3.05, 3.63) is 23.8 Å². The fraction of sp³-hybridized carbons (Fsp3) is 0.500. The molecular weight excluding hydrogens is 248 g/mol. The first-order chi connectivity index (χ1) is 9.12. The first kappa shape index (κ1) is 13.7. The molecule has 1 aromatic carbocycles. The fourth-order valence-corrected chi connectivity index (χ4v) is 2.43. The van der Waals surface area contributed by atoms with Crippen molar-refractivity contribution in [2.24, 2.45) is 0 Å². The van der Waals surface area contributed by atoms with Crippen molar-refractivity contribution >= 4 is 5.97 Å². The fourth-order valence-electron chi connectivity index (χ4n) is 2.43. The Morgan fingerprint density at radius 1 is 1.16 bits per heavy atom. The zero-order valence-corrected chi connectivity index (χ0v) is 11.1. The van der Waals surface area contributed by atoms with E-state index in [1.807, 2.05) is 0 Å². The van der Waals surface area contributed by atoms with Gasteiger partial charge < -0.3 is 19.3 Å². The zero-order valence-electron chi connectivity index (χ0n) is 11.1. The van der Waals surface area contributed by atoms with Crippen LogP contribution in [0.3, 0.4) is 0 Å². The van der Waals surface area contributed by atoms with Crippen molar-refractivity contribution in [3.8, 4) is 11.5 Å². The normalized spacial score (nSPS) is 17.8. The molecule has 1 heterocycles. The van der Waals surface area contributed by atoms with Crippen LogP contribution < -0.4 is 9.47 Å². The molecule has 1 fully saturated rings. The van der Waals surface area contributed by atoms with Gasteiger partial charge in [0.15, 0.2) is 0 Å². The number of hydrogen-bond donors (Lipinski definition) is 1. The van der Waals surface area contributed by atoms with Gasteiger partial charge in [0, 0.05) is 19.3 Å². The monoisotopic (exact) mass is 266 g/mol. The molecule has 104 valence electrons. The molecule has 5 nitrogen and oxygen atoms in total. The van der Waals surface area contributed by atoms with E-state index in [0.717, 1.165) is 0 Å². The number of hydrogen-bond acceptors (Lipinski definition) is 4. The number of carboxylic acid groups (broad SMARTS) is 1. The van der Waals surface area contributed by atoms with Gasteiger partial charge in [-0.2, -0.15) is 0 Å². The van der Waals surface area contributed by atoms with Crippen LogP contribution in [0.15, 0.2) is 18.2 Å². The molecule has 1 saturated heterocycles. The third-order valence-corrected chi connectivity index (χ3v) is 3.66. The van der Waals surface area contributed by atoms with E-state index in [2.05, 4.69) is 0 Å². The lowest BCUT2D eigenvalue weighted by atomic mass is 9.74. The highest BCUT2D eigenvalue weighted by molar-refractivity contribution is 5.82. The van der Waals surface area contributed by atoms with E-state index in [9.17, 15) is 9.90 Å². The minimum absolute atomic E-state index is 0.450. The molecule has 1 aliphatic rings. The van der Waals surface area contributed by atoms with Gasteiger partial charge >= 0.3 is 5.97 Å². The summed E-state index contributed by atoms with van der Waals surface area (Å²) in [6, 6.07) is 5.27. The molecule has 0 amide bonds. The molecule has 5 heteroatoms. The first-order valence-electron chi connectivity index (χ1n) is 6.17. The maximum atomic E-state index is 11.7. The second kappa shape index (κ2) is 5.48. The standard InChI is InChI=1S/C14H18O5/c1-17-11-7-10(8-12(9-11)18-2)14(13(15)16)3-5-19-6-4-14/h7-9H,3-6H2,1-2H3,(H,15,16). The SMILES string of the molecule is COc1cc(OC)cc(C2(C(=O)O)CCOCC2)c1. The van der Waals surface area contributed by atoms with Gasteiger partial charge in [-0.1, -0.05) is 0 Å². The average Bonchev–Trinajstić information content (AvgIpc) is 2.47. The molecule has 0 bridgehead atoms. The van der Waals surface area contributed by atoms with E-state index < -0.39 is 11.4 Å². The summed E-state index contributed by atoms with van der Waals surface area (Å²) >= 11 is 0. The number of benzene rings is 1. The third-order valence-electron chi connectivity index (χ3n) is 3.66. The molecule has 1 aliphatic heterocycles. The van der Waals surface area contributed by atoms with Crippen molar-refractivity contribution in [2.45, 2.75) is 18.3 Å². The third kappa shape index (κ3) is 2.51. The second-order valence-corrected chi connectivity index (χ2v) is 4.60. The van der Waals surface area contributed by atoms with Crippen LogP contribution >= 0.6 is 0 Å².